The number of amides is 1. The molecule has 5 nitrogen and oxygen atoms in total. The van der Waals surface area contributed by atoms with E-state index in [1.54, 1.807) is 0 Å². The summed E-state index contributed by atoms with van der Waals surface area (Å²) in [6, 6.07) is 16.4. The van der Waals surface area contributed by atoms with Gasteiger partial charge in [-0.15, -0.1) is 6.58 Å². The van der Waals surface area contributed by atoms with Gasteiger partial charge in [0.1, 0.15) is 12.9 Å². The van der Waals surface area contributed by atoms with Gasteiger partial charge in [0.15, 0.2) is 0 Å². The molecule has 0 atom stereocenters. The highest BCUT2D eigenvalue weighted by molar-refractivity contribution is 5.79. The van der Waals surface area contributed by atoms with Gasteiger partial charge in [-0.2, -0.15) is 0 Å². The summed E-state index contributed by atoms with van der Waals surface area (Å²) in [4.78, 5) is 24.4. The van der Waals surface area contributed by atoms with Gasteiger partial charge in [-0.05, 0) is 28.7 Å². The Hall–Kier alpha value is -2.92. The van der Waals surface area contributed by atoms with E-state index in [0.717, 1.165) is 12.7 Å². The number of aliphatic hydroxyl groups is 1. The van der Waals surface area contributed by atoms with Crippen LogP contribution in [0.25, 0.3) is 11.1 Å². The highest BCUT2D eigenvalue weighted by Crippen LogP contribution is 2.44. The number of nitrogens with zero attached hydrogens (tertiary/aromatic N) is 1. The van der Waals surface area contributed by atoms with Crippen LogP contribution in [-0.2, 0) is 9.53 Å². The molecule has 0 unspecified atom stereocenters. The summed E-state index contributed by atoms with van der Waals surface area (Å²) in [7, 11) is 0. The van der Waals surface area contributed by atoms with Crippen LogP contribution in [0.3, 0.4) is 0 Å². The Morgan fingerprint density at radius 3 is 2.14 bits per heavy atom. The number of aliphatic hydroxyl groups excluding tert-OH is 1. The quantitative estimate of drug-likeness (QED) is 0.581. The summed E-state index contributed by atoms with van der Waals surface area (Å²) in [5, 5.41) is 7.76. The maximum atomic E-state index is 12.2. The average molecular weight is 381 g/mol. The van der Waals surface area contributed by atoms with Crippen LogP contribution in [0.5, 0.6) is 0 Å². The third-order valence-electron chi connectivity index (χ3n) is 4.51. The second-order valence-corrected chi connectivity index (χ2v) is 6.39. The van der Waals surface area contributed by atoms with Crippen LogP contribution in [0.1, 0.15) is 30.4 Å². The van der Waals surface area contributed by atoms with Crippen molar-refractivity contribution in [1.82, 2.24) is 4.90 Å². The second-order valence-electron chi connectivity index (χ2n) is 6.39. The number of hydrogen-bond acceptors (Lipinski definition) is 4. The molecule has 0 radical (unpaired) electrons. The number of fused-ring (bicyclic) bond motifs is 3. The van der Waals surface area contributed by atoms with Crippen molar-refractivity contribution in [2.45, 2.75) is 19.3 Å². The molecule has 3 rings (SSSR count). The Bertz CT molecular complexity index is 757. The van der Waals surface area contributed by atoms with Crippen molar-refractivity contribution in [2.24, 2.45) is 0 Å². The van der Waals surface area contributed by atoms with E-state index in [0.29, 0.717) is 6.54 Å². The molecule has 0 fully saturated rings. The maximum Gasteiger partial charge on any atom is 0.410 e. The standard InChI is InChI=1S/C20H21NO3.C3H6O/c1-2-11-21(12-13-22)20(23)24-14-19-17-9-5-3-7-15(17)16-8-4-6-10-18(16)19;1-2-3-4/h3-10,13,19H,2,11-12,14H2,1H3;2,4H,1,3H2. The molecule has 5 heteroatoms. The zero-order valence-corrected chi connectivity index (χ0v) is 16.2. The zero-order valence-electron chi connectivity index (χ0n) is 16.2. The van der Waals surface area contributed by atoms with Crippen LogP contribution in [-0.4, -0.2) is 48.7 Å². The Kier molecular flexibility index (Phi) is 8.43. The van der Waals surface area contributed by atoms with Crippen molar-refractivity contribution in [1.29, 1.82) is 0 Å². The van der Waals surface area contributed by atoms with Crippen LogP contribution < -0.4 is 0 Å². The maximum absolute atomic E-state index is 12.2. The van der Waals surface area contributed by atoms with Gasteiger partial charge in [-0.1, -0.05) is 61.5 Å². The first kappa shape index (κ1) is 21.4. The highest BCUT2D eigenvalue weighted by Gasteiger charge is 2.29. The van der Waals surface area contributed by atoms with Gasteiger partial charge in [0.2, 0.25) is 0 Å². The average Bonchev–Trinajstić information content (AvgIpc) is 3.06. The molecule has 0 saturated heterocycles. The molecule has 0 bridgehead atoms. The molecule has 0 heterocycles. The summed E-state index contributed by atoms with van der Waals surface area (Å²) in [6.07, 6.45) is 2.53. The Balaban J connectivity index is 0.000000640. The first-order valence-corrected chi connectivity index (χ1v) is 9.43. The first-order valence-electron chi connectivity index (χ1n) is 9.43. The summed E-state index contributed by atoms with van der Waals surface area (Å²) in [5.74, 6) is 0.0426. The molecule has 1 aliphatic carbocycles. The molecule has 2 aromatic rings. The smallest absolute Gasteiger partial charge is 0.410 e. The van der Waals surface area contributed by atoms with Gasteiger partial charge in [-0.3, -0.25) is 0 Å². The number of benzene rings is 2. The number of carbonyl (C=O) groups excluding carboxylic acids is 2. The highest BCUT2D eigenvalue weighted by atomic mass is 16.6. The monoisotopic (exact) mass is 381 g/mol. The number of hydrogen-bond donors (Lipinski definition) is 1. The fourth-order valence-electron chi connectivity index (χ4n) is 3.30. The minimum Gasteiger partial charge on any atom is -0.448 e. The van der Waals surface area contributed by atoms with Crippen molar-refractivity contribution in [3.05, 3.63) is 72.3 Å². The normalized spacial score (nSPS) is 11.5. The van der Waals surface area contributed by atoms with Crippen LogP contribution in [0, 0.1) is 0 Å². The molecule has 28 heavy (non-hydrogen) atoms. The predicted molar refractivity (Wildman–Crippen MR) is 110 cm³/mol. The lowest BCUT2D eigenvalue weighted by Gasteiger charge is -2.21. The Morgan fingerprint density at radius 2 is 1.68 bits per heavy atom. The largest absolute Gasteiger partial charge is 0.448 e. The van der Waals surface area contributed by atoms with Gasteiger partial charge >= 0.3 is 6.09 Å². The van der Waals surface area contributed by atoms with Crippen molar-refractivity contribution < 1.29 is 19.4 Å². The van der Waals surface area contributed by atoms with Gasteiger partial charge in [0.05, 0.1) is 13.2 Å². The summed E-state index contributed by atoms with van der Waals surface area (Å²) >= 11 is 0. The van der Waals surface area contributed by atoms with Gasteiger partial charge in [0, 0.05) is 12.5 Å². The fraction of sp³-hybridized carbons (Fsp3) is 0.304. The molecule has 0 spiro atoms. The fourth-order valence-corrected chi connectivity index (χ4v) is 3.30. The minimum absolute atomic E-state index is 0.0426. The van der Waals surface area contributed by atoms with E-state index in [9.17, 15) is 9.59 Å². The molecule has 2 aromatic carbocycles. The van der Waals surface area contributed by atoms with Crippen molar-refractivity contribution in [2.75, 3.05) is 26.3 Å². The van der Waals surface area contributed by atoms with Gasteiger partial charge < -0.3 is 19.5 Å². The van der Waals surface area contributed by atoms with Crippen molar-refractivity contribution >= 4 is 12.4 Å². The van der Waals surface area contributed by atoms with Crippen molar-refractivity contribution in [3.8, 4) is 11.1 Å². The van der Waals surface area contributed by atoms with E-state index < -0.39 is 6.09 Å². The second kappa shape index (κ2) is 11.0. The topological polar surface area (TPSA) is 66.8 Å². The van der Waals surface area contributed by atoms with E-state index in [1.807, 2.05) is 31.2 Å². The summed E-state index contributed by atoms with van der Waals surface area (Å²) in [5.41, 5.74) is 4.77. The third kappa shape index (κ3) is 5.08. The number of ether oxygens (including phenoxy) is 1. The molecule has 0 saturated carbocycles. The molecule has 0 aromatic heterocycles. The van der Waals surface area contributed by atoms with Gasteiger partial charge in [-0.25, -0.2) is 4.79 Å². The minimum atomic E-state index is -0.425. The van der Waals surface area contributed by atoms with Crippen LogP contribution in [0.4, 0.5) is 4.79 Å². The van der Waals surface area contributed by atoms with E-state index in [-0.39, 0.29) is 25.7 Å². The lowest BCUT2D eigenvalue weighted by Crippen LogP contribution is -2.34. The SMILES string of the molecule is C=CCO.CCCN(CC=O)C(=O)OCC1c2ccccc2-c2ccccc21. The Labute approximate surface area is 166 Å². The van der Waals surface area contributed by atoms with Crippen molar-refractivity contribution in [3.63, 3.8) is 0 Å². The lowest BCUT2D eigenvalue weighted by atomic mass is 9.98. The predicted octanol–water partition coefficient (Wildman–Crippen LogP) is 4.01. The van der Waals surface area contributed by atoms with E-state index in [4.69, 9.17) is 9.84 Å². The third-order valence-corrected chi connectivity index (χ3v) is 4.51. The van der Waals surface area contributed by atoms with E-state index in [2.05, 4.69) is 30.8 Å². The Morgan fingerprint density at radius 1 is 1.14 bits per heavy atom. The number of rotatable bonds is 7. The molecule has 1 amide bonds. The molecule has 1 aliphatic rings. The molecule has 0 aliphatic heterocycles. The molecular formula is C23H27NO4. The number of aldehydes is 1. The molecule has 1 N–H and O–H groups in total. The summed E-state index contributed by atoms with van der Waals surface area (Å²) in [6.45, 7) is 6.16. The molecule has 148 valence electrons. The van der Waals surface area contributed by atoms with Gasteiger partial charge in [0.25, 0.3) is 0 Å². The van der Waals surface area contributed by atoms with Crippen LogP contribution in [0.2, 0.25) is 0 Å². The van der Waals surface area contributed by atoms with E-state index in [1.165, 1.54) is 33.2 Å². The van der Waals surface area contributed by atoms with Crippen LogP contribution in [0.15, 0.2) is 61.2 Å². The summed E-state index contributed by atoms with van der Waals surface area (Å²) < 4.78 is 5.54. The lowest BCUT2D eigenvalue weighted by molar-refractivity contribution is -0.108. The zero-order chi connectivity index (χ0) is 20.4. The van der Waals surface area contributed by atoms with Crippen LogP contribution >= 0.6 is 0 Å². The number of carbonyl (C=O) groups is 2. The first-order chi connectivity index (χ1) is 13.7. The molecular weight excluding hydrogens is 354 g/mol. The van der Waals surface area contributed by atoms with E-state index >= 15 is 0 Å².